The van der Waals surface area contributed by atoms with E-state index in [1.807, 2.05) is 26.0 Å². The maximum atomic E-state index is 13.7. The van der Waals surface area contributed by atoms with Gasteiger partial charge < -0.3 is 78.5 Å². The molecule has 630 valence electrons. The van der Waals surface area contributed by atoms with Crippen LogP contribution in [0, 0.1) is 63.3 Å². The number of hydrogen-bond donors (Lipinski definition) is 15. The van der Waals surface area contributed by atoms with Gasteiger partial charge in [0.05, 0.1) is 34.8 Å². The molecule has 0 saturated heterocycles. The summed E-state index contributed by atoms with van der Waals surface area (Å²) in [5.41, 5.74) is 18.0. The third-order valence-electron chi connectivity index (χ3n) is 21.1. The molecule has 120 heavy (non-hydrogen) atoms. The Kier molecular flexibility index (Phi) is 38.2. The Morgan fingerprint density at radius 2 is 0.792 bits per heavy atom. The van der Waals surface area contributed by atoms with Gasteiger partial charge in [-0.2, -0.15) is 0 Å². The standard InChI is InChI=1S/C24H26N2O7.C24H24N2O7.C21H21IN2O7.C6H4.C3H6.C3H4.5CH4.B6/c2*1-4-5-10-6-7-14(27)16-12(10)8-11-9-13-18(26(2)3)20(29)17(23(25)32)22(31)24(13,33)21(30)15(11)19(16)28;1-24(2)15-9-6-7-5-8-10(22)3-4-11(25)13(8)16(26)12(7)18(28)21(9,31)19(29)14(17(15)27)20(23)30;1-3-5-6-4-2;2*1-3-2;;;;;;1-5(2)6(3)4/h4-7,11,13,18,27-28,31,33H,8-9H2,1-3H3,(H2,25,32);6-7,11,13,18,27-28,31,33H,8-9H2,1-3H3,(H2,25,32);3-4,7,9,15,25-26,29,31H,5-6H2,1-2H3,(H2,23,30);1-2H2;3H,1H2,2H3;1H,2H3;5*1H4;/b5-4-;;;;;;;;;;;/t2*11?,13?,18?,24-;7?,9?,15?,21-;;;;;;;;;/m000........./s1. The van der Waals surface area contributed by atoms with Crippen LogP contribution in [0.5, 0.6) is 17.2 Å². The fraction of sp³-hybridized carbons (Fsp3) is 0.384. The molecule has 0 spiro atoms. The highest BCUT2D eigenvalue weighted by Crippen LogP contribution is 2.57. The van der Waals surface area contributed by atoms with Gasteiger partial charge in [0, 0.05) is 87.3 Å². The predicted octanol–water partition coefficient (Wildman–Crippen LogP) is 6.05. The Labute approximate surface area is 721 Å². The van der Waals surface area contributed by atoms with Crippen molar-refractivity contribution in [3.05, 3.63) is 190 Å². The molecule has 9 aliphatic rings. The van der Waals surface area contributed by atoms with Crippen LogP contribution >= 0.6 is 22.6 Å². The predicted molar refractivity (Wildman–Crippen MR) is 477 cm³/mol. The monoisotopic (exact) mass is 1750 g/mol. The van der Waals surface area contributed by atoms with Gasteiger partial charge in [-0.25, -0.2) is 0 Å². The van der Waals surface area contributed by atoms with E-state index in [9.17, 15) is 104 Å². The number of terminal acetylenes is 1. The maximum absolute atomic E-state index is 13.7. The number of carbonyl (C=O) groups is 9. The number of amides is 3. The first kappa shape index (κ1) is 107. The molecule has 3 aromatic carbocycles. The first-order chi connectivity index (χ1) is 53.7. The van der Waals surface area contributed by atoms with Crippen molar-refractivity contribution in [1.29, 1.82) is 0 Å². The molecule has 0 bridgehead atoms. The lowest BCUT2D eigenvalue weighted by Gasteiger charge is -2.50. The number of likely N-dealkylation sites (N-methyl/N-ethyl adjacent to an activating group) is 3. The van der Waals surface area contributed by atoms with E-state index in [1.165, 1.54) is 32.9 Å². The first-order valence-electron chi connectivity index (χ1n) is 35.4. The minimum absolute atomic E-state index is 0. The molecule has 0 aromatic heterocycles. The zero-order valence-corrected chi connectivity index (χ0v) is 66.9. The Balaban J connectivity index is 0.000000799. The van der Waals surface area contributed by atoms with Crippen molar-refractivity contribution in [2.45, 2.75) is 138 Å². The highest BCUT2D eigenvalue weighted by Gasteiger charge is 2.68. The number of benzene rings is 3. The quantitative estimate of drug-likeness (QED) is 0.0305. The van der Waals surface area contributed by atoms with Gasteiger partial charge in [0.25, 0.3) is 17.7 Å². The van der Waals surface area contributed by atoms with Gasteiger partial charge in [-0.15, -0.1) is 24.8 Å². The van der Waals surface area contributed by atoms with Crippen LogP contribution in [0.3, 0.4) is 0 Å². The van der Waals surface area contributed by atoms with E-state index in [4.69, 9.17) is 48.1 Å². The van der Waals surface area contributed by atoms with E-state index in [-0.39, 0.29) is 120 Å². The Bertz CT molecular complexity index is 5110. The summed E-state index contributed by atoms with van der Waals surface area (Å²) in [6.45, 7) is 16.8. The Hall–Kier alpha value is -10.9. The van der Waals surface area contributed by atoms with Crippen LogP contribution in [0.15, 0.2) is 142 Å². The zero-order valence-electron chi connectivity index (χ0n) is 64.8. The minimum atomic E-state index is -2.64. The lowest BCUT2D eigenvalue weighted by Crippen LogP contribution is -2.65. The largest absolute Gasteiger partial charge is 0.508 e. The first-order valence-corrected chi connectivity index (χ1v) is 36.5. The number of rotatable bonds is 8. The zero-order chi connectivity index (χ0) is 87.2. The molecule has 3 saturated carbocycles. The van der Waals surface area contributed by atoms with Crippen LogP contribution in [-0.2, 0) is 62.4 Å². The van der Waals surface area contributed by atoms with Gasteiger partial charge in [-0.05, 0) is 226 Å². The lowest BCUT2D eigenvalue weighted by atomic mass is 8.81. The third kappa shape index (κ3) is 19.1. The molecule has 12 rings (SSSR count). The molecule has 3 fully saturated rings. The summed E-state index contributed by atoms with van der Waals surface area (Å²) in [4.78, 5) is 120. The molecule has 9 aliphatic carbocycles. The molecule has 27 nitrogen and oxygen atoms in total. The molecule has 8 radical (unpaired) electrons. The topological polar surface area (TPSA) is 484 Å². The lowest BCUT2D eigenvalue weighted by molar-refractivity contribution is -0.155. The van der Waals surface area contributed by atoms with Gasteiger partial charge in [0.15, 0.2) is 34.2 Å². The van der Waals surface area contributed by atoms with E-state index in [0.29, 0.717) is 28.7 Å². The highest BCUT2D eigenvalue weighted by molar-refractivity contribution is 14.1. The fourth-order valence-corrected chi connectivity index (χ4v) is 17.1. The van der Waals surface area contributed by atoms with Crippen LogP contribution in [0.4, 0.5) is 0 Å². The number of Topliss-reactive ketones (excluding diaryl/α,β-unsaturated/α-hetero) is 6. The van der Waals surface area contributed by atoms with Crippen LogP contribution in [0.25, 0.3) is 23.4 Å². The molecule has 0 heterocycles. The van der Waals surface area contributed by atoms with E-state index >= 15 is 0 Å². The SMILES string of the molecule is C.C.C.C.C.C#CC.C/C=C\c1ccc(O)c2c1CC1CC3C(N(C)C)C(=O)C(C(N)=O)=C(O)[C@@]3(O)C(=O)C1=C2O.C=C=C=C=C=C.C=CC.CC#Cc1ccc(O)c2c1CC1CC3C(N(C)C)C(=O)C(C(N)=O)=C(O)[C@@]3(O)C(=O)C1=C2O.CN(C)C1C(=O)C(C(N)=O)=C(O)[C@@]2(O)C(=O)C3=C(O)c4c(O)ccc(I)c4CC3CC12.[B]B([B])B([B])[B]. The minimum Gasteiger partial charge on any atom is -0.508 e. The average molecular weight is 1750 g/mol. The molecule has 3 amide bonds. The second kappa shape index (κ2) is 42.8. The van der Waals surface area contributed by atoms with Crippen molar-refractivity contribution in [1.82, 2.24) is 14.7 Å². The van der Waals surface area contributed by atoms with Crippen molar-refractivity contribution >= 4 is 142 Å². The summed E-state index contributed by atoms with van der Waals surface area (Å²) >= 11 is 2.07. The van der Waals surface area contributed by atoms with Crippen molar-refractivity contribution in [2.75, 3.05) is 42.3 Å². The number of carbonyl (C=O) groups excluding carboxylic acids is 9. The molecule has 18 N–H and O–H groups in total. The van der Waals surface area contributed by atoms with Crippen molar-refractivity contribution in [3.8, 4) is 41.4 Å². The summed E-state index contributed by atoms with van der Waals surface area (Å²) in [6.07, 6.45) is 9.75. The number of primary amides is 3. The van der Waals surface area contributed by atoms with Crippen LogP contribution in [-0.4, -0.2) is 249 Å². The van der Waals surface area contributed by atoms with Gasteiger partial charge in [0.2, 0.25) is 17.3 Å². The van der Waals surface area contributed by atoms with E-state index in [0.717, 1.165) is 9.13 Å². The number of hydrogen-bond acceptors (Lipinski definition) is 24. The number of nitrogens with zero attached hydrogens (tertiary/aromatic N) is 3. The summed E-state index contributed by atoms with van der Waals surface area (Å²) < 4.78 is 0.784. The van der Waals surface area contributed by atoms with Gasteiger partial charge in [0.1, 0.15) is 68.5 Å². The van der Waals surface area contributed by atoms with Crippen LogP contribution < -0.4 is 17.2 Å². The number of phenols is 3. The second-order valence-electron chi connectivity index (χ2n) is 28.6. The van der Waals surface area contributed by atoms with Crippen molar-refractivity contribution < 1.29 is 104 Å². The number of fused-ring (bicyclic) bond motifs is 9. The number of ketones is 6. The van der Waals surface area contributed by atoms with E-state index < -0.39 is 187 Å². The molecule has 9 unspecified atom stereocenters. The third-order valence-corrected chi connectivity index (χ3v) is 22.1. The number of aliphatic hydroxyl groups excluding tert-OH is 6. The van der Waals surface area contributed by atoms with Crippen molar-refractivity contribution in [2.24, 2.45) is 52.7 Å². The van der Waals surface area contributed by atoms with Gasteiger partial charge in [-0.1, -0.05) is 78.8 Å². The number of halogens is 1. The summed E-state index contributed by atoms with van der Waals surface area (Å²) in [5.74, 6) is -11.7. The normalized spacial score (nSPS) is 24.5. The molecular weight excluding hydrogens is 1640 g/mol. The van der Waals surface area contributed by atoms with Crippen molar-refractivity contribution in [3.63, 3.8) is 0 Å². The summed E-state index contributed by atoms with van der Waals surface area (Å²) in [6, 6.07) is 5.87. The smallest absolute Gasteiger partial charge is 0.255 e. The summed E-state index contributed by atoms with van der Waals surface area (Å²) in [5, 5.41) is 131. The van der Waals surface area contributed by atoms with Crippen LogP contribution in [0.1, 0.15) is 129 Å². The molecule has 12 atom stereocenters. The second-order valence-corrected chi connectivity index (χ2v) is 29.8. The van der Waals surface area contributed by atoms with E-state index in [2.05, 4.69) is 89.4 Å². The average Bonchev–Trinajstić information content (AvgIpc) is 0.709. The van der Waals surface area contributed by atoms with Gasteiger partial charge in [-0.3, -0.25) is 57.9 Å². The number of aliphatic hydroxyl groups is 9. The summed E-state index contributed by atoms with van der Waals surface area (Å²) in [7, 11) is 29.2. The van der Waals surface area contributed by atoms with Crippen LogP contribution in [0.2, 0.25) is 0 Å². The van der Waals surface area contributed by atoms with Gasteiger partial charge >= 0.3 is 0 Å². The molecule has 3 aromatic rings. The highest BCUT2D eigenvalue weighted by atomic mass is 127. The Morgan fingerprint density at radius 1 is 0.517 bits per heavy atom. The Morgan fingerprint density at radius 3 is 1.07 bits per heavy atom. The maximum Gasteiger partial charge on any atom is 0.255 e. The number of phenolic OH excluding ortho intramolecular Hbond substituents is 3. The fourth-order valence-electron chi connectivity index (χ4n) is 16.4. The number of aromatic hydroxyl groups is 3. The number of allylic oxidation sites excluding steroid dienone is 2. The van der Waals surface area contributed by atoms with E-state index in [1.54, 1.807) is 80.4 Å². The number of nitrogens with two attached hydrogens (primary N) is 3. The molecular formula is C86H105B6IN6O21. The molecule has 0 aliphatic heterocycles. The molecule has 34 heteroatoms.